The van der Waals surface area contributed by atoms with Gasteiger partial charge in [0.25, 0.3) is 0 Å². The van der Waals surface area contributed by atoms with Gasteiger partial charge in [0.1, 0.15) is 5.75 Å². The number of nitrogens with one attached hydrogen (secondary N) is 2. The van der Waals surface area contributed by atoms with Gasteiger partial charge in [0.05, 0.1) is 13.0 Å². The molecule has 0 saturated carbocycles. The maximum Gasteiger partial charge on any atom is 0.242 e. The molecule has 0 aromatic heterocycles. The zero-order valence-electron chi connectivity index (χ0n) is 10.2. The molecule has 1 rings (SSSR count). The van der Waals surface area contributed by atoms with E-state index in [1.54, 1.807) is 0 Å². The maximum absolute atomic E-state index is 11.5. The van der Waals surface area contributed by atoms with Crippen molar-refractivity contribution >= 4 is 23.2 Å². The molecule has 1 amide bonds. The predicted octanol–water partition coefficient (Wildman–Crippen LogP) is 0.882. The van der Waals surface area contributed by atoms with Gasteiger partial charge in [-0.3, -0.25) is 15.6 Å². The molecule has 5 nitrogen and oxygen atoms in total. The molecule has 0 radical (unpaired) electrons. The van der Waals surface area contributed by atoms with Crippen molar-refractivity contribution in [2.75, 3.05) is 6.61 Å². The van der Waals surface area contributed by atoms with Gasteiger partial charge in [-0.1, -0.05) is 19.1 Å². The van der Waals surface area contributed by atoms with E-state index in [1.807, 2.05) is 31.2 Å². The summed E-state index contributed by atoms with van der Waals surface area (Å²) in [6, 6.07) is 7.40. The van der Waals surface area contributed by atoms with Crippen molar-refractivity contribution in [3.8, 4) is 5.75 Å². The second-order valence-electron chi connectivity index (χ2n) is 3.71. The van der Waals surface area contributed by atoms with E-state index in [4.69, 9.17) is 10.5 Å². The highest BCUT2D eigenvalue weighted by molar-refractivity contribution is 7.80. The molecule has 0 saturated heterocycles. The van der Waals surface area contributed by atoms with Gasteiger partial charge >= 0.3 is 0 Å². The molecule has 0 bridgehead atoms. The molecule has 0 atom stereocenters. The fourth-order valence-electron chi connectivity index (χ4n) is 1.28. The number of amides is 1. The number of ether oxygens (including phenoxy) is 1. The molecule has 18 heavy (non-hydrogen) atoms. The summed E-state index contributed by atoms with van der Waals surface area (Å²) >= 11 is 4.57. The molecule has 0 unspecified atom stereocenters. The second-order valence-corrected chi connectivity index (χ2v) is 4.15. The lowest BCUT2D eigenvalue weighted by Gasteiger charge is -2.07. The van der Waals surface area contributed by atoms with Gasteiger partial charge in [-0.05, 0) is 36.3 Å². The average Bonchev–Trinajstić information content (AvgIpc) is 2.35. The third-order valence-electron chi connectivity index (χ3n) is 2.09. The molecule has 1 aromatic carbocycles. The van der Waals surface area contributed by atoms with Gasteiger partial charge in [0.2, 0.25) is 5.91 Å². The van der Waals surface area contributed by atoms with Crippen molar-refractivity contribution in [1.82, 2.24) is 10.9 Å². The first-order chi connectivity index (χ1) is 8.61. The Morgan fingerprint density at radius 3 is 2.56 bits per heavy atom. The van der Waals surface area contributed by atoms with E-state index in [9.17, 15) is 4.79 Å². The van der Waals surface area contributed by atoms with Crippen LogP contribution in [-0.4, -0.2) is 17.6 Å². The highest BCUT2D eigenvalue weighted by atomic mass is 32.1. The predicted molar refractivity (Wildman–Crippen MR) is 74.0 cm³/mol. The summed E-state index contributed by atoms with van der Waals surface area (Å²) in [5.41, 5.74) is 10.9. The van der Waals surface area contributed by atoms with Crippen LogP contribution in [0.25, 0.3) is 0 Å². The molecule has 0 heterocycles. The Morgan fingerprint density at radius 1 is 1.33 bits per heavy atom. The summed E-state index contributed by atoms with van der Waals surface area (Å²) in [4.78, 5) is 11.5. The number of hydrogen-bond donors (Lipinski definition) is 3. The summed E-state index contributed by atoms with van der Waals surface area (Å²) < 4.78 is 5.45. The number of thiocarbonyl (C=S) groups is 1. The fraction of sp³-hybridized carbons (Fsp3) is 0.333. The van der Waals surface area contributed by atoms with E-state index < -0.39 is 0 Å². The first-order valence-corrected chi connectivity index (χ1v) is 6.08. The van der Waals surface area contributed by atoms with E-state index in [0.717, 1.165) is 17.7 Å². The highest BCUT2D eigenvalue weighted by Crippen LogP contribution is 2.12. The lowest BCUT2D eigenvalue weighted by atomic mass is 10.1. The van der Waals surface area contributed by atoms with Crippen molar-refractivity contribution in [3.63, 3.8) is 0 Å². The van der Waals surface area contributed by atoms with Crippen LogP contribution in [0.3, 0.4) is 0 Å². The van der Waals surface area contributed by atoms with Crippen molar-refractivity contribution in [3.05, 3.63) is 29.8 Å². The van der Waals surface area contributed by atoms with Crippen molar-refractivity contribution in [1.29, 1.82) is 0 Å². The molecule has 0 aliphatic carbocycles. The van der Waals surface area contributed by atoms with Gasteiger partial charge in [0.15, 0.2) is 5.11 Å². The quantitative estimate of drug-likeness (QED) is 0.545. The summed E-state index contributed by atoms with van der Waals surface area (Å²) in [6.45, 7) is 2.74. The molecule has 0 spiro atoms. The van der Waals surface area contributed by atoms with Crippen LogP contribution in [-0.2, 0) is 11.2 Å². The van der Waals surface area contributed by atoms with Gasteiger partial charge in [0, 0.05) is 0 Å². The molecule has 1 aromatic rings. The summed E-state index contributed by atoms with van der Waals surface area (Å²) in [5, 5.41) is 0.0339. The van der Waals surface area contributed by atoms with Gasteiger partial charge in [-0.15, -0.1) is 0 Å². The smallest absolute Gasteiger partial charge is 0.242 e. The normalized spacial score (nSPS) is 9.61. The van der Waals surface area contributed by atoms with E-state index in [0.29, 0.717) is 6.61 Å². The number of rotatable bonds is 5. The zero-order chi connectivity index (χ0) is 13.4. The highest BCUT2D eigenvalue weighted by Gasteiger charge is 2.03. The van der Waals surface area contributed by atoms with Gasteiger partial charge in [-0.25, -0.2) is 0 Å². The molecular weight excluding hydrogens is 250 g/mol. The molecule has 0 aliphatic rings. The molecule has 98 valence electrons. The zero-order valence-corrected chi connectivity index (χ0v) is 11.0. The lowest BCUT2D eigenvalue weighted by molar-refractivity contribution is -0.121. The first-order valence-electron chi connectivity index (χ1n) is 5.68. The summed E-state index contributed by atoms with van der Waals surface area (Å²) in [7, 11) is 0. The Morgan fingerprint density at radius 2 is 2.00 bits per heavy atom. The molecule has 0 aliphatic heterocycles. The average molecular weight is 267 g/mol. The maximum atomic E-state index is 11.5. The van der Waals surface area contributed by atoms with Crippen LogP contribution >= 0.6 is 12.2 Å². The molecular formula is C12H17N3O2S. The van der Waals surface area contributed by atoms with Gasteiger partial charge < -0.3 is 10.5 Å². The van der Waals surface area contributed by atoms with E-state index >= 15 is 0 Å². The van der Waals surface area contributed by atoms with E-state index in [2.05, 4.69) is 23.1 Å². The van der Waals surface area contributed by atoms with E-state index in [1.165, 1.54) is 0 Å². The monoisotopic (exact) mass is 267 g/mol. The van der Waals surface area contributed by atoms with Crippen LogP contribution in [0, 0.1) is 0 Å². The fourth-order valence-corrected chi connectivity index (χ4v) is 1.34. The van der Waals surface area contributed by atoms with Gasteiger partial charge in [-0.2, -0.15) is 0 Å². The van der Waals surface area contributed by atoms with Crippen molar-refractivity contribution in [2.24, 2.45) is 5.73 Å². The Hall–Kier alpha value is -1.82. The lowest BCUT2D eigenvalue weighted by Crippen LogP contribution is -2.44. The third kappa shape index (κ3) is 5.49. The summed E-state index contributed by atoms with van der Waals surface area (Å²) in [5.74, 6) is 0.604. The van der Waals surface area contributed by atoms with Crippen molar-refractivity contribution in [2.45, 2.75) is 19.8 Å². The summed E-state index contributed by atoms with van der Waals surface area (Å²) in [6.07, 6.45) is 1.22. The Bertz CT molecular complexity index is 406. The van der Waals surface area contributed by atoms with Crippen LogP contribution in [0.2, 0.25) is 0 Å². The third-order valence-corrected chi connectivity index (χ3v) is 2.19. The van der Waals surface area contributed by atoms with Crippen molar-refractivity contribution < 1.29 is 9.53 Å². The Balaban J connectivity index is 2.42. The minimum Gasteiger partial charge on any atom is -0.494 e. The largest absolute Gasteiger partial charge is 0.494 e. The number of nitrogens with two attached hydrogens (primary N) is 1. The van der Waals surface area contributed by atoms with Crippen LogP contribution in [0.5, 0.6) is 5.75 Å². The Kier molecular flexibility index (Phi) is 5.93. The number of carbonyl (C=O) groups is 1. The molecule has 6 heteroatoms. The van der Waals surface area contributed by atoms with Crippen LogP contribution < -0.4 is 21.3 Å². The van der Waals surface area contributed by atoms with Crippen LogP contribution in [0.15, 0.2) is 24.3 Å². The van der Waals surface area contributed by atoms with Crippen LogP contribution in [0.1, 0.15) is 18.9 Å². The van der Waals surface area contributed by atoms with E-state index in [-0.39, 0.29) is 17.4 Å². The first kappa shape index (κ1) is 14.2. The minimum atomic E-state index is -0.204. The van der Waals surface area contributed by atoms with Crippen LogP contribution in [0.4, 0.5) is 0 Å². The topological polar surface area (TPSA) is 76.4 Å². The number of carbonyl (C=O) groups excluding carboxylic acids is 1. The Labute approximate surface area is 112 Å². The molecule has 0 fully saturated rings. The minimum absolute atomic E-state index is 0.0339. The standard InChI is InChI=1S/C12H17N3O2S/c1-2-7-17-10-5-3-9(4-6-10)8-11(16)14-15-12(13)18/h3-6H,2,7-8H2,1H3,(H,14,16)(H3,13,15,18). The number of benzene rings is 1. The number of hydrogen-bond acceptors (Lipinski definition) is 3. The molecule has 4 N–H and O–H groups in total. The second kappa shape index (κ2) is 7.50. The SMILES string of the molecule is CCCOc1ccc(CC(=O)NNC(N)=S)cc1. The number of hydrazine groups is 1.